The summed E-state index contributed by atoms with van der Waals surface area (Å²) in [6.45, 7) is 6.39. The van der Waals surface area contributed by atoms with Crippen LogP contribution in [-0.4, -0.2) is 34.2 Å². The second-order valence-corrected chi connectivity index (χ2v) is 6.13. The van der Waals surface area contributed by atoms with Crippen molar-refractivity contribution in [3.8, 4) is 5.69 Å². The number of oxime groups is 1. The Morgan fingerprint density at radius 2 is 2.16 bits per heavy atom. The van der Waals surface area contributed by atoms with Gasteiger partial charge in [0, 0.05) is 12.1 Å². The molecule has 1 aromatic carbocycles. The first kappa shape index (κ1) is 17.0. The molecule has 1 aliphatic rings. The van der Waals surface area contributed by atoms with Gasteiger partial charge in [0.15, 0.2) is 0 Å². The SMILES string of the molecule is CCC1=NO[C@H](CNC(=O)Nc2ccccc2-n2nc(C)cc2C)C1. The van der Waals surface area contributed by atoms with Crippen molar-refractivity contribution in [3.05, 3.63) is 41.7 Å². The number of anilines is 1. The zero-order chi connectivity index (χ0) is 17.8. The van der Waals surface area contributed by atoms with Crippen molar-refractivity contribution in [2.45, 2.75) is 39.7 Å². The predicted molar refractivity (Wildman–Crippen MR) is 97.3 cm³/mol. The molecule has 2 N–H and O–H groups in total. The van der Waals surface area contributed by atoms with Crippen molar-refractivity contribution in [1.82, 2.24) is 15.1 Å². The first-order valence-electron chi connectivity index (χ1n) is 8.46. The van der Waals surface area contributed by atoms with Gasteiger partial charge >= 0.3 is 6.03 Å². The summed E-state index contributed by atoms with van der Waals surface area (Å²) >= 11 is 0. The van der Waals surface area contributed by atoms with Gasteiger partial charge in [0.1, 0.15) is 6.10 Å². The van der Waals surface area contributed by atoms with Gasteiger partial charge in [0.2, 0.25) is 0 Å². The van der Waals surface area contributed by atoms with Gasteiger partial charge in [-0.1, -0.05) is 24.2 Å². The van der Waals surface area contributed by atoms with Crippen LogP contribution in [0.2, 0.25) is 0 Å². The van der Waals surface area contributed by atoms with Gasteiger partial charge in [-0.25, -0.2) is 9.48 Å². The molecule has 1 atom stereocenters. The van der Waals surface area contributed by atoms with E-state index in [0.717, 1.165) is 35.6 Å². The van der Waals surface area contributed by atoms with Crippen LogP contribution < -0.4 is 10.6 Å². The number of para-hydroxylation sites is 2. The molecule has 0 saturated heterocycles. The van der Waals surface area contributed by atoms with Gasteiger partial charge in [0.25, 0.3) is 0 Å². The van der Waals surface area contributed by atoms with Crippen LogP contribution in [0.3, 0.4) is 0 Å². The highest BCUT2D eigenvalue weighted by Crippen LogP contribution is 2.21. The van der Waals surface area contributed by atoms with Crippen LogP contribution in [0.4, 0.5) is 10.5 Å². The van der Waals surface area contributed by atoms with Crippen molar-refractivity contribution in [2.24, 2.45) is 5.16 Å². The molecule has 25 heavy (non-hydrogen) atoms. The number of urea groups is 1. The molecule has 2 heterocycles. The van der Waals surface area contributed by atoms with Crippen LogP contribution in [0.1, 0.15) is 31.2 Å². The minimum atomic E-state index is -0.275. The highest BCUT2D eigenvalue weighted by Gasteiger charge is 2.20. The number of hydrogen-bond donors (Lipinski definition) is 2. The Labute approximate surface area is 147 Å². The molecule has 132 valence electrons. The van der Waals surface area contributed by atoms with Gasteiger partial charge in [0.05, 0.1) is 29.3 Å². The van der Waals surface area contributed by atoms with E-state index in [1.54, 1.807) is 0 Å². The monoisotopic (exact) mass is 341 g/mol. The van der Waals surface area contributed by atoms with E-state index in [9.17, 15) is 4.79 Å². The van der Waals surface area contributed by atoms with E-state index in [1.165, 1.54) is 0 Å². The minimum absolute atomic E-state index is 0.0908. The number of aromatic nitrogens is 2. The second-order valence-electron chi connectivity index (χ2n) is 6.13. The van der Waals surface area contributed by atoms with Gasteiger partial charge in [-0.05, 0) is 38.5 Å². The fourth-order valence-corrected chi connectivity index (χ4v) is 2.81. The molecule has 2 amide bonds. The number of rotatable bonds is 5. The number of benzene rings is 1. The van der Waals surface area contributed by atoms with E-state index in [4.69, 9.17) is 4.84 Å². The molecule has 0 bridgehead atoms. The third-order valence-electron chi connectivity index (χ3n) is 4.08. The first-order valence-corrected chi connectivity index (χ1v) is 8.46. The molecule has 3 rings (SSSR count). The highest BCUT2D eigenvalue weighted by molar-refractivity contribution is 5.91. The Balaban J connectivity index is 1.63. The first-order chi connectivity index (χ1) is 12.1. The fraction of sp³-hybridized carbons (Fsp3) is 0.389. The third kappa shape index (κ3) is 3.99. The lowest BCUT2D eigenvalue weighted by Crippen LogP contribution is -2.35. The molecular weight excluding hydrogens is 318 g/mol. The summed E-state index contributed by atoms with van der Waals surface area (Å²) in [5.41, 5.74) is 4.50. The lowest BCUT2D eigenvalue weighted by molar-refractivity contribution is 0.0870. The molecular formula is C18H23N5O2. The third-order valence-corrected chi connectivity index (χ3v) is 4.08. The van der Waals surface area contributed by atoms with E-state index in [-0.39, 0.29) is 12.1 Å². The molecule has 7 heteroatoms. The maximum absolute atomic E-state index is 12.2. The quantitative estimate of drug-likeness (QED) is 0.876. The summed E-state index contributed by atoms with van der Waals surface area (Å²) in [6, 6.07) is 9.31. The number of carbonyl (C=O) groups is 1. The fourth-order valence-electron chi connectivity index (χ4n) is 2.81. The second kappa shape index (κ2) is 7.38. The van der Waals surface area contributed by atoms with Crippen LogP contribution in [0, 0.1) is 13.8 Å². The summed E-state index contributed by atoms with van der Waals surface area (Å²) in [4.78, 5) is 17.5. The van der Waals surface area contributed by atoms with E-state index in [1.807, 2.05) is 55.8 Å². The van der Waals surface area contributed by atoms with Crippen LogP contribution in [-0.2, 0) is 4.84 Å². The van der Waals surface area contributed by atoms with E-state index in [0.29, 0.717) is 12.2 Å². The Morgan fingerprint density at radius 3 is 2.84 bits per heavy atom. The number of nitrogens with zero attached hydrogens (tertiary/aromatic N) is 3. The number of nitrogens with one attached hydrogen (secondary N) is 2. The van der Waals surface area contributed by atoms with Crippen molar-refractivity contribution in [2.75, 3.05) is 11.9 Å². The molecule has 1 aliphatic heterocycles. The van der Waals surface area contributed by atoms with Gasteiger partial charge in [-0.3, -0.25) is 0 Å². The van der Waals surface area contributed by atoms with Crippen molar-refractivity contribution in [1.29, 1.82) is 0 Å². The highest BCUT2D eigenvalue weighted by atomic mass is 16.6. The number of hydrogen-bond acceptors (Lipinski definition) is 4. The van der Waals surface area contributed by atoms with E-state index in [2.05, 4.69) is 20.9 Å². The van der Waals surface area contributed by atoms with Gasteiger partial charge < -0.3 is 15.5 Å². The molecule has 7 nitrogen and oxygen atoms in total. The molecule has 0 fully saturated rings. The molecule has 0 aliphatic carbocycles. The van der Waals surface area contributed by atoms with Crippen molar-refractivity contribution < 1.29 is 9.63 Å². The normalized spacial score (nSPS) is 16.3. The number of amides is 2. The lowest BCUT2D eigenvalue weighted by atomic mass is 10.1. The molecule has 2 aromatic rings. The van der Waals surface area contributed by atoms with E-state index >= 15 is 0 Å². The number of carbonyl (C=O) groups excluding carboxylic acids is 1. The Morgan fingerprint density at radius 1 is 1.36 bits per heavy atom. The van der Waals surface area contributed by atoms with Gasteiger partial charge in [-0.2, -0.15) is 5.10 Å². The lowest BCUT2D eigenvalue weighted by Gasteiger charge is -2.14. The minimum Gasteiger partial charge on any atom is -0.390 e. The average molecular weight is 341 g/mol. The molecule has 0 radical (unpaired) electrons. The average Bonchev–Trinajstić information content (AvgIpc) is 3.19. The van der Waals surface area contributed by atoms with Crippen molar-refractivity contribution >= 4 is 17.4 Å². The van der Waals surface area contributed by atoms with Crippen LogP contribution in [0.25, 0.3) is 5.69 Å². The largest absolute Gasteiger partial charge is 0.390 e. The summed E-state index contributed by atoms with van der Waals surface area (Å²) in [5.74, 6) is 0. The molecule has 0 spiro atoms. The van der Waals surface area contributed by atoms with Crippen LogP contribution in [0.15, 0.2) is 35.5 Å². The zero-order valence-corrected chi connectivity index (χ0v) is 14.7. The van der Waals surface area contributed by atoms with Crippen molar-refractivity contribution in [3.63, 3.8) is 0 Å². The van der Waals surface area contributed by atoms with Crippen LogP contribution in [0.5, 0.6) is 0 Å². The van der Waals surface area contributed by atoms with Gasteiger partial charge in [-0.15, -0.1) is 0 Å². The molecule has 0 unspecified atom stereocenters. The standard InChI is InChI=1S/C18H23N5O2/c1-4-14-10-15(25-22-14)11-19-18(24)20-16-7-5-6-8-17(16)23-13(3)9-12(2)21-23/h5-9,15H,4,10-11H2,1-3H3,(H2,19,20,24)/t15-/m0/s1. The maximum Gasteiger partial charge on any atom is 0.319 e. The zero-order valence-electron chi connectivity index (χ0n) is 14.7. The Hall–Kier alpha value is -2.83. The Bertz CT molecular complexity index is 797. The molecule has 0 saturated carbocycles. The summed E-state index contributed by atoms with van der Waals surface area (Å²) in [7, 11) is 0. The smallest absolute Gasteiger partial charge is 0.319 e. The Kier molecular flexibility index (Phi) is 5.02. The summed E-state index contributed by atoms with van der Waals surface area (Å²) < 4.78 is 1.83. The van der Waals surface area contributed by atoms with Crippen LogP contribution >= 0.6 is 0 Å². The summed E-state index contributed by atoms with van der Waals surface area (Å²) in [6.07, 6.45) is 1.55. The number of aryl methyl sites for hydroxylation is 2. The topological polar surface area (TPSA) is 80.5 Å². The maximum atomic E-state index is 12.2. The van der Waals surface area contributed by atoms with E-state index < -0.39 is 0 Å². The predicted octanol–water partition coefficient (Wildman–Crippen LogP) is 3.17. The summed E-state index contributed by atoms with van der Waals surface area (Å²) in [5, 5.41) is 14.2. The molecule has 1 aromatic heterocycles.